The van der Waals surface area contributed by atoms with Crippen LogP contribution in [0.4, 0.5) is 0 Å². The van der Waals surface area contributed by atoms with E-state index in [0.29, 0.717) is 0 Å². The molecule has 2 aromatic carbocycles. The summed E-state index contributed by atoms with van der Waals surface area (Å²) in [4.78, 5) is 4.98. The first-order chi connectivity index (χ1) is 12.2. The second kappa shape index (κ2) is 9.14. The van der Waals surface area contributed by atoms with E-state index in [2.05, 4.69) is 47.1 Å². The number of nitrogens with zero attached hydrogens (tertiary/aromatic N) is 2. The first-order valence-electron chi connectivity index (χ1n) is 9.47. The highest BCUT2D eigenvalue weighted by molar-refractivity contribution is 5.18. The highest BCUT2D eigenvalue weighted by Gasteiger charge is 2.26. The molecule has 1 heterocycles. The molecule has 3 rings (SSSR count). The van der Waals surface area contributed by atoms with Crippen LogP contribution in [0.2, 0.25) is 0 Å². The zero-order valence-corrected chi connectivity index (χ0v) is 15.2. The van der Waals surface area contributed by atoms with Crippen molar-refractivity contribution < 1.29 is 5.11 Å². The molecule has 2 aromatic rings. The van der Waals surface area contributed by atoms with Crippen LogP contribution < -0.4 is 0 Å². The van der Waals surface area contributed by atoms with Crippen LogP contribution in [0.5, 0.6) is 0 Å². The van der Waals surface area contributed by atoms with Crippen LogP contribution in [0, 0.1) is 0 Å². The smallest absolute Gasteiger partial charge is 0.0942 e. The van der Waals surface area contributed by atoms with Crippen molar-refractivity contribution >= 4 is 0 Å². The van der Waals surface area contributed by atoms with E-state index < -0.39 is 6.10 Å². The molecule has 3 heteroatoms. The molecule has 0 spiro atoms. The summed E-state index contributed by atoms with van der Waals surface area (Å²) >= 11 is 0. The fourth-order valence-corrected chi connectivity index (χ4v) is 3.67. The van der Waals surface area contributed by atoms with Crippen LogP contribution in [0.15, 0.2) is 60.7 Å². The van der Waals surface area contributed by atoms with Crippen molar-refractivity contribution in [2.24, 2.45) is 0 Å². The van der Waals surface area contributed by atoms with E-state index in [0.717, 1.165) is 38.2 Å². The molecule has 1 aliphatic heterocycles. The number of hydrogen-bond donors (Lipinski definition) is 1. The summed E-state index contributed by atoms with van der Waals surface area (Å²) in [6.45, 7) is 7.58. The van der Waals surface area contributed by atoms with E-state index in [1.807, 2.05) is 30.3 Å². The van der Waals surface area contributed by atoms with E-state index in [4.69, 9.17) is 0 Å². The van der Waals surface area contributed by atoms with Crippen molar-refractivity contribution in [2.75, 3.05) is 32.7 Å². The molecule has 1 N–H and O–H groups in total. The highest BCUT2D eigenvalue weighted by atomic mass is 16.3. The molecule has 1 fully saturated rings. The van der Waals surface area contributed by atoms with Gasteiger partial charge in [-0.2, -0.15) is 0 Å². The maximum Gasteiger partial charge on any atom is 0.0942 e. The number of aliphatic hydroxyl groups excluding tert-OH is 1. The number of piperazine rings is 1. The third-order valence-electron chi connectivity index (χ3n) is 5.36. The lowest BCUT2D eigenvalue weighted by molar-refractivity contribution is 0.0260. The fraction of sp³-hybridized carbons (Fsp3) is 0.455. The molecular formula is C22H30N2O. The molecule has 0 bridgehead atoms. The predicted octanol–water partition coefficient (Wildman–Crippen LogP) is 3.36. The molecule has 0 aromatic heterocycles. The van der Waals surface area contributed by atoms with E-state index >= 15 is 0 Å². The van der Waals surface area contributed by atoms with Gasteiger partial charge in [-0.15, -0.1) is 0 Å². The standard InChI is InChI=1S/C22H30N2O/c1-19(22(25)21-12-6-3-7-13-21)24-17-15-23(16-18-24)14-8-11-20-9-4-2-5-10-20/h2-7,9-10,12-13,19,22,25H,8,11,14-18H2,1H3. The Morgan fingerprint density at radius 3 is 2.12 bits per heavy atom. The number of aliphatic hydroxyl groups is 1. The first kappa shape index (κ1) is 18.1. The molecular weight excluding hydrogens is 308 g/mol. The molecule has 1 aliphatic rings. The number of hydrogen-bond acceptors (Lipinski definition) is 3. The Morgan fingerprint density at radius 1 is 0.880 bits per heavy atom. The Labute approximate surface area is 151 Å². The summed E-state index contributed by atoms with van der Waals surface area (Å²) in [6.07, 6.45) is 1.96. The average Bonchev–Trinajstić information content (AvgIpc) is 2.69. The van der Waals surface area contributed by atoms with Crippen LogP contribution in [-0.4, -0.2) is 53.7 Å². The largest absolute Gasteiger partial charge is 0.387 e. The van der Waals surface area contributed by atoms with Gasteiger partial charge in [0.1, 0.15) is 0 Å². The Kier molecular flexibility index (Phi) is 6.62. The van der Waals surface area contributed by atoms with Gasteiger partial charge >= 0.3 is 0 Å². The summed E-state index contributed by atoms with van der Waals surface area (Å²) in [7, 11) is 0. The number of benzene rings is 2. The molecule has 1 saturated heterocycles. The molecule has 3 nitrogen and oxygen atoms in total. The van der Waals surface area contributed by atoms with Crippen molar-refractivity contribution in [3.05, 3.63) is 71.8 Å². The van der Waals surface area contributed by atoms with Crippen molar-refractivity contribution in [3.63, 3.8) is 0 Å². The minimum Gasteiger partial charge on any atom is -0.387 e. The summed E-state index contributed by atoms with van der Waals surface area (Å²) < 4.78 is 0. The number of rotatable bonds is 7. The zero-order chi connectivity index (χ0) is 17.5. The van der Waals surface area contributed by atoms with E-state index in [-0.39, 0.29) is 6.04 Å². The van der Waals surface area contributed by atoms with Gasteiger partial charge in [0.2, 0.25) is 0 Å². The lowest BCUT2D eigenvalue weighted by atomic mass is 10.0. The molecule has 134 valence electrons. The van der Waals surface area contributed by atoms with Crippen LogP contribution in [0.25, 0.3) is 0 Å². The Bertz CT molecular complexity index is 608. The third-order valence-corrected chi connectivity index (χ3v) is 5.36. The van der Waals surface area contributed by atoms with Crippen molar-refractivity contribution in [1.82, 2.24) is 9.80 Å². The Hall–Kier alpha value is -1.68. The Balaban J connectivity index is 1.41. The summed E-state index contributed by atoms with van der Waals surface area (Å²) in [5.74, 6) is 0. The lowest BCUT2D eigenvalue weighted by Crippen LogP contribution is -2.51. The van der Waals surface area contributed by atoms with Crippen LogP contribution in [0.3, 0.4) is 0 Å². The van der Waals surface area contributed by atoms with Gasteiger partial charge in [-0.05, 0) is 37.4 Å². The normalized spacial score (nSPS) is 18.8. The van der Waals surface area contributed by atoms with Crippen molar-refractivity contribution in [3.8, 4) is 0 Å². The van der Waals surface area contributed by atoms with Gasteiger partial charge in [0.25, 0.3) is 0 Å². The maximum absolute atomic E-state index is 10.6. The molecule has 0 radical (unpaired) electrons. The highest BCUT2D eigenvalue weighted by Crippen LogP contribution is 2.21. The molecule has 2 unspecified atom stereocenters. The monoisotopic (exact) mass is 338 g/mol. The zero-order valence-electron chi connectivity index (χ0n) is 15.2. The van der Waals surface area contributed by atoms with Gasteiger partial charge in [0.05, 0.1) is 6.10 Å². The average molecular weight is 338 g/mol. The predicted molar refractivity (Wildman–Crippen MR) is 104 cm³/mol. The SMILES string of the molecule is CC(C(O)c1ccccc1)N1CCN(CCCc2ccccc2)CC1. The quantitative estimate of drug-likeness (QED) is 0.839. The van der Waals surface area contributed by atoms with Gasteiger partial charge in [-0.25, -0.2) is 0 Å². The van der Waals surface area contributed by atoms with Gasteiger partial charge in [-0.1, -0.05) is 60.7 Å². The van der Waals surface area contributed by atoms with Crippen molar-refractivity contribution in [2.45, 2.75) is 31.9 Å². The summed E-state index contributed by atoms with van der Waals surface area (Å²) in [6, 6.07) is 20.9. The van der Waals surface area contributed by atoms with Gasteiger partial charge in [-0.3, -0.25) is 4.90 Å². The van der Waals surface area contributed by atoms with Crippen LogP contribution in [0.1, 0.15) is 30.6 Å². The molecule has 0 saturated carbocycles. The summed E-state index contributed by atoms with van der Waals surface area (Å²) in [5.41, 5.74) is 2.45. The number of aryl methyl sites for hydroxylation is 1. The topological polar surface area (TPSA) is 26.7 Å². The van der Waals surface area contributed by atoms with Crippen LogP contribution in [-0.2, 0) is 6.42 Å². The first-order valence-corrected chi connectivity index (χ1v) is 9.47. The lowest BCUT2D eigenvalue weighted by Gasteiger charge is -2.39. The van der Waals surface area contributed by atoms with Gasteiger partial charge in [0.15, 0.2) is 0 Å². The minimum absolute atomic E-state index is 0.161. The van der Waals surface area contributed by atoms with Crippen LogP contribution >= 0.6 is 0 Å². The Morgan fingerprint density at radius 2 is 1.48 bits per heavy atom. The van der Waals surface area contributed by atoms with E-state index in [1.54, 1.807) is 0 Å². The molecule has 25 heavy (non-hydrogen) atoms. The van der Waals surface area contributed by atoms with Gasteiger partial charge < -0.3 is 10.0 Å². The molecule has 0 aliphatic carbocycles. The maximum atomic E-state index is 10.6. The molecule has 0 amide bonds. The third kappa shape index (κ3) is 5.15. The molecule has 2 atom stereocenters. The summed E-state index contributed by atoms with van der Waals surface area (Å²) in [5, 5.41) is 10.6. The second-order valence-corrected chi connectivity index (χ2v) is 7.06. The minimum atomic E-state index is -0.411. The second-order valence-electron chi connectivity index (χ2n) is 7.06. The fourth-order valence-electron chi connectivity index (χ4n) is 3.67. The van der Waals surface area contributed by atoms with Gasteiger partial charge in [0, 0.05) is 32.2 Å². The van der Waals surface area contributed by atoms with E-state index in [9.17, 15) is 5.11 Å². The van der Waals surface area contributed by atoms with E-state index in [1.165, 1.54) is 18.5 Å². The van der Waals surface area contributed by atoms with Crippen molar-refractivity contribution in [1.29, 1.82) is 0 Å².